The van der Waals surface area contributed by atoms with E-state index in [0.717, 1.165) is 21.0 Å². The van der Waals surface area contributed by atoms with Gasteiger partial charge in [-0.05, 0) is 25.5 Å². The van der Waals surface area contributed by atoms with Gasteiger partial charge in [-0.2, -0.15) is 0 Å². The molecule has 120 valence electrons. The Bertz CT molecular complexity index is 727. The van der Waals surface area contributed by atoms with Gasteiger partial charge >= 0.3 is 6.09 Å². The number of aryl methyl sites for hydroxylation is 1. The Labute approximate surface area is 138 Å². The highest BCUT2D eigenvalue weighted by Crippen LogP contribution is 2.32. The molecule has 0 radical (unpaired) electrons. The lowest BCUT2D eigenvalue weighted by Crippen LogP contribution is -2.43. The van der Waals surface area contributed by atoms with Crippen molar-refractivity contribution >= 4 is 28.3 Å². The predicted molar refractivity (Wildman–Crippen MR) is 89.3 cm³/mol. The first-order valence-electron chi connectivity index (χ1n) is 7.42. The number of nitrogens with zero attached hydrogens (tertiary/aromatic N) is 1. The van der Waals surface area contributed by atoms with Crippen LogP contribution in [-0.4, -0.2) is 22.9 Å². The van der Waals surface area contributed by atoms with Gasteiger partial charge in [0.15, 0.2) is 0 Å². The van der Waals surface area contributed by atoms with Gasteiger partial charge in [-0.1, -0.05) is 30.3 Å². The van der Waals surface area contributed by atoms with Crippen molar-refractivity contribution in [3.05, 3.63) is 52.4 Å². The van der Waals surface area contributed by atoms with Gasteiger partial charge in [0.05, 0.1) is 6.54 Å². The molecule has 2 heterocycles. The second-order valence-corrected chi connectivity index (χ2v) is 6.80. The van der Waals surface area contributed by atoms with Gasteiger partial charge in [-0.25, -0.2) is 4.79 Å². The lowest BCUT2D eigenvalue weighted by atomic mass is 10.2. The first kappa shape index (κ1) is 15.6. The molecule has 0 unspecified atom stereocenters. The Hall–Kier alpha value is -2.34. The zero-order chi connectivity index (χ0) is 16.4. The maximum absolute atomic E-state index is 12.4. The topological polar surface area (TPSA) is 58.6 Å². The number of benzene rings is 1. The van der Waals surface area contributed by atoms with E-state index in [2.05, 4.69) is 5.32 Å². The molecule has 1 aliphatic heterocycles. The fourth-order valence-corrected chi connectivity index (χ4v) is 3.42. The van der Waals surface area contributed by atoms with Gasteiger partial charge in [-0.15, -0.1) is 11.3 Å². The fourth-order valence-electron chi connectivity index (χ4n) is 2.49. The summed E-state index contributed by atoms with van der Waals surface area (Å²) in [4.78, 5) is 27.2. The molecule has 1 aromatic heterocycles. The van der Waals surface area contributed by atoms with E-state index in [1.165, 1.54) is 16.2 Å². The Morgan fingerprint density at radius 2 is 2.13 bits per heavy atom. The number of ether oxygens (including phenoxy) is 1. The normalized spacial score (nSPS) is 17.2. The van der Waals surface area contributed by atoms with Crippen LogP contribution in [0.25, 0.3) is 0 Å². The molecular weight excluding hydrogens is 312 g/mol. The summed E-state index contributed by atoms with van der Waals surface area (Å²) in [6.45, 7) is 4.25. The smallest absolute Gasteiger partial charge is 0.411 e. The second-order valence-electron chi connectivity index (χ2n) is 5.54. The molecule has 23 heavy (non-hydrogen) atoms. The molecule has 0 spiro atoms. The Morgan fingerprint density at radius 3 is 2.87 bits per heavy atom. The van der Waals surface area contributed by atoms with E-state index in [4.69, 9.17) is 4.74 Å². The van der Waals surface area contributed by atoms with Gasteiger partial charge in [0, 0.05) is 10.4 Å². The van der Waals surface area contributed by atoms with Crippen LogP contribution in [0.5, 0.6) is 0 Å². The van der Waals surface area contributed by atoms with E-state index in [1.54, 1.807) is 6.92 Å². The van der Waals surface area contributed by atoms with E-state index in [1.807, 2.05) is 43.3 Å². The van der Waals surface area contributed by atoms with Gasteiger partial charge in [-0.3, -0.25) is 9.69 Å². The van der Waals surface area contributed by atoms with Crippen LogP contribution < -0.4 is 5.32 Å². The van der Waals surface area contributed by atoms with Crippen molar-refractivity contribution in [3.63, 3.8) is 0 Å². The SMILES string of the molecule is Cc1cc2c(s1)NC(=O)[C@H](C)N(C(=O)OCc1ccccc1)C2. The number of amides is 2. The average Bonchev–Trinajstić information content (AvgIpc) is 2.84. The first-order valence-corrected chi connectivity index (χ1v) is 8.23. The quantitative estimate of drug-likeness (QED) is 0.916. The van der Waals surface area contributed by atoms with Gasteiger partial charge in [0.2, 0.25) is 5.91 Å². The van der Waals surface area contributed by atoms with Crippen LogP contribution in [0.4, 0.5) is 9.80 Å². The summed E-state index contributed by atoms with van der Waals surface area (Å²) >= 11 is 1.52. The predicted octanol–water partition coefficient (Wildman–Crippen LogP) is 3.54. The molecule has 2 aromatic rings. The first-order chi connectivity index (χ1) is 11.0. The lowest BCUT2D eigenvalue weighted by molar-refractivity contribution is -0.120. The van der Waals surface area contributed by atoms with Gasteiger partial charge < -0.3 is 10.1 Å². The Balaban J connectivity index is 1.74. The molecule has 1 aromatic carbocycles. The molecule has 6 heteroatoms. The molecule has 0 aliphatic carbocycles. The molecule has 0 saturated carbocycles. The van der Waals surface area contributed by atoms with Crippen molar-refractivity contribution in [1.29, 1.82) is 0 Å². The molecule has 0 saturated heterocycles. The molecule has 3 rings (SSSR count). The highest BCUT2D eigenvalue weighted by Gasteiger charge is 2.32. The number of nitrogens with one attached hydrogen (secondary N) is 1. The minimum Gasteiger partial charge on any atom is -0.445 e. The largest absolute Gasteiger partial charge is 0.445 e. The van der Waals surface area contributed by atoms with Crippen molar-refractivity contribution in [2.45, 2.75) is 33.0 Å². The molecule has 5 nitrogen and oxygen atoms in total. The van der Waals surface area contributed by atoms with Crippen LogP contribution >= 0.6 is 11.3 Å². The zero-order valence-electron chi connectivity index (χ0n) is 13.0. The van der Waals surface area contributed by atoms with Crippen LogP contribution in [0.15, 0.2) is 36.4 Å². The van der Waals surface area contributed by atoms with E-state index < -0.39 is 12.1 Å². The molecule has 0 bridgehead atoms. The maximum atomic E-state index is 12.4. The number of carbonyl (C=O) groups excluding carboxylic acids is 2. The molecular formula is C17H18N2O3S. The van der Waals surface area contributed by atoms with E-state index in [-0.39, 0.29) is 12.5 Å². The van der Waals surface area contributed by atoms with Crippen LogP contribution in [0.3, 0.4) is 0 Å². The third-order valence-corrected chi connectivity index (χ3v) is 4.80. The number of hydrogen-bond donors (Lipinski definition) is 1. The number of rotatable bonds is 2. The molecule has 2 amide bonds. The monoisotopic (exact) mass is 330 g/mol. The standard InChI is InChI=1S/C17H18N2O3S/c1-11-8-14-9-19(12(2)15(20)18-16(14)23-11)17(21)22-10-13-6-4-3-5-7-13/h3-8,12H,9-10H2,1-2H3,(H,18,20)/t12-/m0/s1. The summed E-state index contributed by atoms with van der Waals surface area (Å²) in [6.07, 6.45) is -0.479. The summed E-state index contributed by atoms with van der Waals surface area (Å²) in [5.74, 6) is -0.192. The minimum atomic E-state index is -0.571. The molecule has 1 aliphatic rings. The van der Waals surface area contributed by atoms with Crippen LogP contribution in [0.2, 0.25) is 0 Å². The second kappa shape index (κ2) is 6.42. The van der Waals surface area contributed by atoms with Gasteiger partial charge in [0.1, 0.15) is 17.6 Å². The average molecular weight is 330 g/mol. The Kier molecular flexibility index (Phi) is 4.34. The van der Waals surface area contributed by atoms with Crippen molar-refractivity contribution < 1.29 is 14.3 Å². The summed E-state index contributed by atoms with van der Waals surface area (Å²) in [5.41, 5.74) is 1.86. The third kappa shape index (κ3) is 3.37. The molecule has 1 N–H and O–H groups in total. The van der Waals surface area contributed by atoms with Crippen molar-refractivity contribution in [2.75, 3.05) is 5.32 Å². The number of anilines is 1. The number of carbonyl (C=O) groups is 2. The zero-order valence-corrected chi connectivity index (χ0v) is 13.9. The summed E-state index contributed by atoms with van der Waals surface area (Å²) in [6, 6.07) is 10.9. The lowest BCUT2D eigenvalue weighted by Gasteiger charge is -2.24. The fraction of sp³-hybridized carbons (Fsp3) is 0.294. The number of hydrogen-bond acceptors (Lipinski definition) is 4. The van der Waals surface area contributed by atoms with Crippen molar-refractivity contribution in [3.8, 4) is 0 Å². The van der Waals surface area contributed by atoms with Gasteiger partial charge in [0.25, 0.3) is 0 Å². The van der Waals surface area contributed by atoms with Crippen molar-refractivity contribution in [1.82, 2.24) is 4.90 Å². The summed E-state index contributed by atoms with van der Waals surface area (Å²) < 4.78 is 5.37. The summed E-state index contributed by atoms with van der Waals surface area (Å²) in [7, 11) is 0. The highest BCUT2D eigenvalue weighted by molar-refractivity contribution is 7.16. The van der Waals surface area contributed by atoms with E-state index in [0.29, 0.717) is 6.54 Å². The van der Waals surface area contributed by atoms with Crippen LogP contribution in [-0.2, 0) is 22.7 Å². The molecule has 0 fully saturated rings. The number of thiophene rings is 1. The van der Waals surface area contributed by atoms with Crippen LogP contribution in [0.1, 0.15) is 22.9 Å². The highest BCUT2D eigenvalue weighted by atomic mass is 32.1. The van der Waals surface area contributed by atoms with Crippen LogP contribution in [0, 0.1) is 6.92 Å². The number of fused-ring (bicyclic) bond motifs is 1. The Morgan fingerprint density at radius 1 is 1.39 bits per heavy atom. The van der Waals surface area contributed by atoms with Crippen molar-refractivity contribution in [2.24, 2.45) is 0 Å². The molecule has 1 atom stereocenters. The maximum Gasteiger partial charge on any atom is 0.411 e. The summed E-state index contributed by atoms with van der Waals surface area (Å²) in [5, 5.41) is 3.70. The third-order valence-electron chi connectivity index (χ3n) is 3.80. The van der Waals surface area contributed by atoms with E-state index in [9.17, 15) is 9.59 Å². The minimum absolute atomic E-state index is 0.192. The van der Waals surface area contributed by atoms with E-state index >= 15 is 0 Å².